The molecule has 0 saturated heterocycles. The Hall–Kier alpha value is -1.20. The third-order valence-electron chi connectivity index (χ3n) is 2.80. The van der Waals surface area contributed by atoms with Gasteiger partial charge >= 0.3 is 0 Å². The van der Waals surface area contributed by atoms with Crippen LogP contribution in [0.2, 0.25) is 0 Å². The maximum Gasteiger partial charge on any atom is 0.134 e. The highest BCUT2D eigenvalue weighted by Gasteiger charge is 2.13. The van der Waals surface area contributed by atoms with E-state index < -0.39 is 0 Å². The highest BCUT2D eigenvalue weighted by molar-refractivity contribution is 7.11. The Bertz CT molecular complexity index is 453. The summed E-state index contributed by atoms with van der Waals surface area (Å²) in [7, 11) is 0. The van der Waals surface area contributed by atoms with E-state index in [1.54, 1.807) is 17.6 Å². The molecule has 0 spiro atoms. The summed E-state index contributed by atoms with van der Waals surface area (Å²) in [5, 5.41) is 14.1. The molecule has 1 atom stereocenters. The summed E-state index contributed by atoms with van der Waals surface area (Å²) in [6, 6.07) is 4.25. The van der Waals surface area contributed by atoms with Crippen LogP contribution >= 0.6 is 11.3 Å². The van der Waals surface area contributed by atoms with Crippen molar-refractivity contribution in [3.05, 3.63) is 34.2 Å². The highest BCUT2D eigenvalue weighted by Crippen LogP contribution is 2.21. The second-order valence-corrected chi connectivity index (χ2v) is 5.23. The molecule has 1 N–H and O–H groups in total. The number of nitrogens with zero attached hydrogens (tertiary/aromatic N) is 2. The molecule has 2 rings (SSSR count). The molecule has 0 saturated carbocycles. The predicted octanol–water partition coefficient (Wildman–Crippen LogP) is 2.98. The van der Waals surface area contributed by atoms with Crippen LogP contribution < -0.4 is 5.32 Å². The van der Waals surface area contributed by atoms with Crippen LogP contribution in [0.15, 0.2) is 22.8 Å². The van der Waals surface area contributed by atoms with Crippen LogP contribution in [0.5, 0.6) is 0 Å². The Labute approximate surface area is 111 Å². The topological polar surface area (TPSA) is 51.0 Å². The van der Waals surface area contributed by atoms with Crippen LogP contribution in [0.4, 0.5) is 0 Å². The number of furan rings is 1. The van der Waals surface area contributed by atoms with Gasteiger partial charge in [0.1, 0.15) is 15.8 Å². The second-order valence-electron chi connectivity index (χ2n) is 4.13. The zero-order chi connectivity index (χ0) is 12.8. The molecule has 0 bridgehead atoms. The number of rotatable bonds is 7. The van der Waals surface area contributed by atoms with Gasteiger partial charge in [0.15, 0.2) is 0 Å². The van der Waals surface area contributed by atoms with Gasteiger partial charge in [0.2, 0.25) is 0 Å². The number of hydrogen-bond donors (Lipinski definition) is 1. The van der Waals surface area contributed by atoms with Gasteiger partial charge < -0.3 is 9.73 Å². The predicted molar refractivity (Wildman–Crippen MR) is 72.7 cm³/mol. The Morgan fingerprint density at radius 2 is 2.22 bits per heavy atom. The molecule has 2 heterocycles. The van der Waals surface area contributed by atoms with Crippen LogP contribution in [0, 0.1) is 0 Å². The zero-order valence-corrected chi connectivity index (χ0v) is 11.7. The highest BCUT2D eigenvalue weighted by atomic mass is 32.1. The molecular weight excluding hydrogens is 246 g/mol. The molecule has 0 aliphatic heterocycles. The molecular formula is C13H19N3OS. The smallest absolute Gasteiger partial charge is 0.134 e. The monoisotopic (exact) mass is 265 g/mol. The first-order valence-corrected chi connectivity index (χ1v) is 7.23. The van der Waals surface area contributed by atoms with Gasteiger partial charge in [-0.25, -0.2) is 0 Å². The van der Waals surface area contributed by atoms with Crippen molar-refractivity contribution in [3.8, 4) is 0 Å². The zero-order valence-electron chi connectivity index (χ0n) is 10.8. The maximum absolute atomic E-state index is 5.31. The molecule has 0 amide bonds. The summed E-state index contributed by atoms with van der Waals surface area (Å²) in [4.78, 5) is 0. The lowest BCUT2D eigenvalue weighted by Crippen LogP contribution is -2.19. The number of nitrogens with one attached hydrogen (secondary N) is 1. The third kappa shape index (κ3) is 3.40. The van der Waals surface area contributed by atoms with Crippen LogP contribution in [0.25, 0.3) is 0 Å². The van der Waals surface area contributed by atoms with E-state index >= 15 is 0 Å². The lowest BCUT2D eigenvalue weighted by Gasteiger charge is -2.10. The molecule has 0 aliphatic rings. The first-order chi connectivity index (χ1) is 8.83. The van der Waals surface area contributed by atoms with Gasteiger partial charge in [-0.15, -0.1) is 10.2 Å². The van der Waals surface area contributed by atoms with Crippen molar-refractivity contribution < 1.29 is 4.42 Å². The fourth-order valence-electron chi connectivity index (χ4n) is 1.85. The van der Waals surface area contributed by atoms with E-state index in [-0.39, 0.29) is 0 Å². The lowest BCUT2D eigenvalue weighted by molar-refractivity contribution is 0.508. The van der Waals surface area contributed by atoms with Crippen LogP contribution in [0.1, 0.15) is 42.1 Å². The maximum atomic E-state index is 5.31. The van der Waals surface area contributed by atoms with Gasteiger partial charge in [0.05, 0.1) is 12.3 Å². The quantitative estimate of drug-likeness (QED) is 0.836. The van der Waals surface area contributed by atoms with E-state index in [0.29, 0.717) is 6.04 Å². The fraction of sp³-hybridized carbons (Fsp3) is 0.538. The summed E-state index contributed by atoms with van der Waals surface area (Å²) in [6.45, 7) is 5.23. The van der Waals surface area contributed by atoms with Crippen LogP contribution in [-0.4, -0.2) is 16.7 Å². The van der Waals surface area contributed by atoms with Crippen molar-refractivity contribution in [1.29, 1.82) is 0 Å². The molecule has 0 aliphatic carbocycles. The summed E-state index contributed by atoms with van der Waals surface area (Å²) in [5.74, 6) is 1.01. The minimum atomic E-state index is 0.338. The average molecular weight is 265 g/mol. The Morgan fingerprint density at radius 3 is 2.89 bits per heavy atom. The Balaban J connectivity index is 1.92. The van der Waals surface area contributed by atoms with Gasteiger partial charge in [0, 0.05) is 12.8 Å². The standard InChI is InChI=1S/C13H19N3OS/c1-3-11(14-4-2)13-16-15-12(18-13)8-7-10-6-5-9-17-10/h5-6,9,11,14H,3-4,7-8H2,1-2H3. The molecule has 0 fully saturated rings. The molecule has 2 aromatic heterocycles. The molecule has 4 nitrogen and oxygen atoms in total. The summed E-state index contributed by atoms with van der Waals surface area (Å²) < 4.78 is 5.31. The number of aryl methyl sites for hydroxylation is 2. The molecule has 0 radical (unpaired) electrons. The van der Waals surface area contributed by atoms with E-state index in [0.717, 1.165) is 41.6 Å². The number of aromatic nitrogens is 2. The summed E-state index contributed by atoms with van der Waals surface area (Å²) in [6.07, 6.45) is 4.53. The van der Waals surface area contributed by atoms with Gasteiger partial charge in [-0.3, -0.25) is 0 Å². The fourth-order valence-corrected chi connectivity index (χ4v) is 2.85. The SMILES string of the molecule is CCNC(CC)c1nnc(CCc2ccco2)s1. The first-order valence-electron chi connectivity index (χ1n) is 6.41. The van der Waals surface area contributed by atoms with Crippen LogP contribution in [-0.2, 0) is 12.8 Å². The van der Waals surface area contributed by atoms with E-state index in [1.165, 1.54) is 0 Å². The molecule has 2 aromatic rings. The normalized spacial score (nSPS) is 12.8. The summed E-state index contributed by atoms with van der Waals surface area (Å²) >= 11 is 1.70. The van der Waals surface area contributed by atoms with E-state index in [4.69, 9.17) is 4.42 Å². The second kappa shape index (κ2) is 6.66. The van der Waals surface area contributed by atoms with Gasteiger partial charge in [0.25, 0.3) is 0 Å². The van der Waals surface area contributed by atoms with E-state index in [2.05, 4.69) is 29.4 Å². The molecule has 0 aromatic carbocycles. The van der Waals surface area contributed by atoms with Crippen molar-refractivity contribution >= 4 is 11.3 Å². The van der Waals surface area contributed by atoms with Crippen molar-refractivity contribution in [3.63, 3.8) is 0 Å². The van der Waals surface area contributed by atoms with Crippen LogP contribution in [0.3, 0.4) is 0 Å². The minimum Gasteiger partial charge on any atom is -0.469 e. The Kier molecular flexibility index (Phi) is 4.90. The lowest BCUT2D eigenvalue weighted by atomic mass is 10.2. The van der Waals surface area contributed by atoms with Crippen molar-refractivity contribution in [1.82, 2.24) is 15.5 Å². The minimum absolute atomic E-state index is 0.338. The molecule has 5 heteroatoms. The molecule has 1 unspecified atom stereocenters. The summed E-state index contributed by atoms with van der Waals surface area (Å²) in [5.41, 5.74) is 0. The van der Waals surface area contributed by atoms with Gasteiger partial charge in [-0.05, 0) is 25.1 Å². The van der Waals surface area contributed by atoms with E-state index in [9.17, 15) is 0 Å². The van der Waals surface area contributed by atoms with E-state index in [1.807, 2.05) is 12.1 Å². The van der Waals surface area contributed by atoms with Crippen molar-refractivity contribution in [2.45, 2.75) is 39.2 Å². The first kappa shape index (κ1) is 13.2. The molecule has 98 valence electrons. The van der Waals surface area contributed by atoms with Gasteiger partial charge in [-0.2, -0.15) is 0 Å². The third-order valence-corrected chi connectivity index (χ3v) is 3.90. The Morgan fingerprint density at radius 1 is 1.33 bits per heavy atom. The van der Waals surface area contributed by atoms with Gasteiger partial charge in [-0.1, -0.05) is 25.2 Å². The molecule has 18 heavy (non-hydrogen) atoms. The largest absolute Gasteiger partial charge is 0.469 e. The van der Waals surface area contributed by atoms with Crippen molar-refractivity contribution in [2.75, 3.05) is 6.54 Å². The average Bonchev–Trinajstić information content (AvgIpc) is 3.04. The van der Waals surface area contributed by atoms with Crippen molar-refractivity contribution in [2.24, 2.45) is 0 Å². The number of hydrogen-bond acceptors (Lipinski definition) is 5.